The minimum absolute atomic E-state index is 0.580. The highest BCUT2D eigenvalue weighted by Gasteiger charge is 2.26. The Hall–Kier alpha value is -0.120. The van der Waals surface area contributed by atoms with E-state index in [-0.39, 0.29) is 0 Å². The number of hydrogen-bond acceptors (Lipinski definition) is 3. The Bertz CT molecular complexity index is 223. The number of ether oxygens (including phenoxy) is 1. The number of hydrogen-bond donors (Lipinski definition) is 1. The molecule has 2 N–H and O–H groups in total. The highest BCUT2D eigenvalue weighted by atomic mass is 16.5. The van der Waals surface area contributed by atoms with Crippen LogP contribution in [0.15, 0.2) is 0 Å². The van der Waals surface area contributed by atoms with Gasteiger partial charge in [-0.3, -0.25) is 4.90 Å². The Morgan fingerprint density at radius 1 is 1.11 bits per heavy atom. The van der Waals surface area contributed by atoms with Crippen LogP contribution in [0.3, 0.4) is 0 Å². The maximum Gasteiger partial charge on any atom is 0.0480 e. The number of nitrogens with zero attached hydrogens (tertiary/aromatic N) is 1. The van der Waals surface area contributed by atoms with E-state index >= 15 is 0 Å². The molecular formula is C15H30N2O. The van der Waals surface area contributed by atoms with E-state index in [0.29, 0.717) is 12.1 Å². The Morgan fingerprint density at radius 3 is 2.39 bits per heavy atom. The van der Waals surface area contributed by atoms with E-state index in [9.17, 15) is 0 Å². The van der Waals surface area contributed by atoms with Gasteiger partial charge in [-0.25, -0.2) is 0 Å². The van der Waals surface area contributed by atoms with Crippen molar-refractivity contribution in [2.24, 2.45) is 11.7 Å². The van der Waals surface area contributed by atoms with Crippen molar-refractivity contribution in [2.45, 2.75) is 63.5 Å². The van der Waals surface area contributed by atoms with Crippen molar-refractivity contribution >= 4 is 0 Å². The van der Waals surface area contributed by atoms with Crippen LogP contribution in [0.1, 0.15) is 51.4 Å². The van der Waals surface area contributed by atoms with Crippen LogP contribution in [-0.4, -0.2) is 43.8 Å². The topological polar surface area (TPSA) is 38.5 Å². The zero-order valence-electron chi connectivity index (χ0n) is 11.9. The Morgan fingerprint density at radius 2 is 1.78 bits per heavy atom. The van der Waals surface area contributed by atoms with Crippen molar-refractivity contribution in [3.05, 3.63) is 0 Å². The first-order valence-electron chi connectivity index (χ1n) is 7.81. The first-order valence-corrected chi connectivity index (χ1v) is 7.81. The first kappa shape index (κ1) is 14.3. The van der Waals surface area contributed by atoms with Crippen LogP contribution in [0.25, 0.3) is 0 Å². The van der Waals surface area contributed by atoms with E-state index < -0.39 is 0 Å². The Kier molecular flexibility index (Phi) is 5.93. The molecule has 18 heavy (non-hydrogen) atoms. The van der Waals surface area contributed by atoms with Crippen LogP contribution in [0.2, 0.25) is 0 Å². The predicted octanol–water partition coefficient (Wildman–Crippen LogP) is 2.39. The summed E-state index contributed by atoms with van der Waals surface area (Å²) in [7, 11) is 2.27. The number of nitrogens with two attached hydrogens (primary N) is 1. The van der Waals surface area contributed by atoms with Gasteiger partial charge in [0.1, 0.15) is 0 Å². The van der Waals surface area contributed by atoms with Gasteiger partial charge in [-0.15, -0.1) is 0 Å². The third-order valence-corrected chi connectivity index (χ3v) is 4.94. The van der Waals surface area contributed by atoms with Crippen LogP contribution in [0.5, 0.6) is 0 Å². The van der Waals surface area contributed by atoms with E-state index in [1.54, 1.807) is 0 Å². The summed E-state index contributed by atoms with van der Waals surface area (Å²) in [6.07, 6.45) is 10.8. The zero-order valence-corrected chi connectivity index (χ0v) is 11.9. The van der Waals surface area contributed by atoms with Gasteiger partial charge >= 0.3 is 0 Å². The summed E-state index contributed by atoms with van der Waals surface area (Å²) < 4.78 is 5.46. The molecule has 0 aromatic rings. The number of likely N-dealkylation sites (N-methyl/N-ethyl adjacent to an activating group) is 1. The largest absolute Gasteiger partial charge is 0.381 e. The molecule has 0 spiro atoms. The lowest BCUT2D eigenvalue weighted by molar-refractivity contribution is 0.0247. The molecule has 1 aliphatic heterocycles. The third-order valence-electron chi connectivity index (χ3n) is 4.94. The SMILES string of the molecule is CN(C1CCOCC1)C(CN)CC1CCCCC1. The lowest BCUT2D eigenvalue weighted by Crippen LogP contribution is -2.47. The Labute approximate surface area is 112 Å². The summed E-state index contributed by atoms with van der Waals surface area (Å²) in [5.41, 5.74) is 6.02. The quantitative estimate of drug-likeness (QED) is 0.819. The summed E-state index contributed by atoms with van der Waals surface area (Å²) >= 11 is 0. The third kappa shape index (κ3) is 3.94. The Balaban J connectivity index is 1.81. The average molecular weight is 254 g/mol. The van der Waals surface area contributed by atoms with E-state index in [1.165, 1.54) is 51.4 Å². The summed E-state index contributed by atoms with van der Waals surface area (Å²) in [5.74, 6) is 0.926. The van der Waals surface area contributed by atoms with Crippen molar-refractivity contribution in [1.29, 1.82) is 0 Å². The van der Waals surface area contributed by atoms with Gasteiger partial charge in [0.05, 0.1) is 0 Å². The standard InChI is InChI=1S/C15H30N2O/c1-17(14-7-9-18-10-8-14)15(12-16)11-13-5-3-2-4-6-13/h13-15H,2-12,16H2,1H3. The van der Waals surface area contributed by atoms with Crippen molar-refractivity contribution in [2.75, 3.05) is 26.8 Å². The molecule has 106 valence electrons. The molecule has 1 heterocycles. The van der Waals surface area contributed by atoms with Crippen molar-refractivity contribution < 1.29 is 4.74 Å². The van der Waals surface area contributed by atoms with Crippen LogP contribution < -0.4 is 5.73 Å². The van der Waals surface area contributed by atoms with E-state index in [1.807, 2.05) is 0 Å². The maximum absolute atomic E-state index is 6.02. The van der Waals surface area contributed by atoms with Crippen molar-refractivity contribution in [3.8, 4) is 0 Å². The molecule has 3 heteroatoms. The fourth-order valence-electron chi connectivity index (χ4n) is 3.63. The highest BCUT2D eigenvalue weighted by Crippen LogP contribution is 2.29. The maximum atomic E-state index is 6.02. The normalized spacial score (nSPS) is 25.5. The molecule has 1 saturated carbocycles. The second-order valence-corrected chi connectivity index (χ2v) is 6.14. The summed E-state index contributed by atoms with van der Waals surface area (Å²) in [5, 5.41) is 0. The molecule has 2 aliphatic rings. The van der Waals surface area contributed by atoms with Crippen LogP contribution in [0, 0.1) is 5.92 Å². The van der Waals surface area contributed by atoms with Gasteiger partial charge < -0.3 is 10.5 Å². The molecule has 0 aromatic heterocycles. The van der Waals surface area contributed by atoms with Crippen LogP contribution >= 0.6 is 0 Å². The van der Waals surface area contributed by atoms with Gasteiger partial charge in [-0.05, 0) is 32.2 Å². The molecule has 0 amide bonds. The smallest absolute Gasteiger partial charge is 0.0480 e. The molecule has 2 rings (SSSR count). The van der Waals surface area contributed by atoms with Gasteiger partial charge in [0.2, 0.25) is 0 Å². The van der Waals surface area contributed by atoms with Gasteiger partial charge in [-0.1, -0.05) is 32.1 Å². The zero-order chi connectivity index (χ0) is 12.8. The van der Waals surface area contributed by atoms with Gasteiger partial charge in [0, 0.05) is 31.8 Å². The molecule has 0 radical (unpaired) electrons. The molecule has 0 bridgehead atoms. The minimum atomic E-state index is 0.580. The lowest BCUT2D eigenvalue weighted by Gasteiger charge is -2.38. The molecule has 2 fully saturated rings. The molecule has 1 atom stereocenters. The average Bonchev–Trinajstić information content (AvgIpc) is 2.46. The molecule has 1 aliphatic carbocycles. The van der Waals surface area contributed by atoms with Crippen molar-refractivity contribution in [1.82, 2.24) is 4.90 Å². The lowest BCUT2D eigenvalue weighted by atomic mass is 9.84. The molecular weight excluding hydrogens is 224 g/mol. The van der Waals surface area contributed by atoms with E-state index in [0.717, 1.165) is 25.7 Å². The second-order valence-electron chi connectivity index (χ2n) is 6.14. The molecule has 1 unspecified atom stereocenters. The van der Waals surface area contributed by atoms with E-state index in [4.69, 9.17) is 10.5 Å². The highest BCUT2D eigenvalue weighted by molar-refractivity contribution is 4.82. The fraction of sp³-hybridized carbons (Fsp3) is 1.00. The van der Waals surface area contributed by atoms with Crippen molar-refractivity contribution in [3.63, 3.8) is 0 Å². The molecule has 1 saturated heterocycles. The van der Waals surface area contributed by atoms with Gasteiger partial charge in [-0.2, -0.15) is 0 Å². The fourth-order valence-corrected chi connectivity index (χ4v) is 3.63. The molecule has 0 aromatic carbocycles. The summed E-state index contributed by atoms with van der Waals surface area (Å²) in [4.78, 5) is 2.55. The first-order chi connectivity index (χ1) is 8.81. The van der Waals surface area contributed by atoms with Gasteiger partial charge in [0.25, 0.3) is 0 Å². The molecule has 3 nitrogen and oxygen atoms in total. The predicted molar refractivity (Wildman–Crippen MR) is 75.6 cm³/mol. The van der Waals surface area contributed by atoms with Gasteiger partial charge in [0.15, 0.2) is 0 Å². The monoisotopic (exact) mass is 254 g/mol. The van der Waals surface area contributed by atoms with Crippen LogP contribution in [0.4, 0.5) is 0 Å². The summed E-state index contributed by atoms with van der Waals surface area (Å²) in [6.45, 7) is 2.66. The summed E-state index contributed by atoms with van der Waals surface area (Å²) in [6, 6.07) is 1.27. The number of rotatable bonds is 5. The second kappa shape index (κ2) is 7.46. The van der Waals surface area contributed by atoms with Crippen LogP contribution in [-0.2, 0) is 4.74 Å². The minimum Gasteiger partial charge on any atom is -0.381 e. The van der Waals surface area contributed by atoms with E-state index in [2.05, 4.69) is 11.9 Å².